The monoisotopic (exact) mass is 375 g/mol. The summed E-state index contributed by atoms with van der Waals surface area (Å²) in [5, 5.41) is 7.34. The number of rotatable bonds is 4. The molecule has 0 bridgehead atoms. The first kappa shape index (κ1) is 18.1. The van der Waals surface area contributed by atoms with E-state index in [0.717, 1.165) is 16.7 Å². The van der Waals surface area contributed by atoms with Crippen LogP contribution in [0, 0.1) is 0 Å². The predicted octanol–water partition coefficient (Wildman–Crippen LogP) is 3.70. The molecule has 0 unspecified atom stereocenters. The summed E-state index contributed by atoms with van der Waals surface area (Å²) in [6.07, 6.45) is -0.184. The summed E-state index contributed by atoms with van der Waals surface area (Å²) in [5.41, 5.74) is 3.80. The molecule has 1 aliphatic rings. The van der Waals surface area contributed by atoms with Crippen molar-refractivity contribution in [1.82, 2.24) is 9.78 Å². The first-order chi connectivity index (χ1) is 13.5. The van der Waals surface area contributed by atoms with Gasteiger partial charge in [-0.05, 0) is 25.5 Å². The van der Waals surface area contributed by atoms with E-state index in [9.17, 15) is 9.59 Å². The molecule has 2 heterocycles. The molecule has 6 heteroatoms. The number of anilines is 1. The second-order valence-electron chi connectivity index (χ2n) is 6.87. The molecule has 0 saturated heterocycles. The van der Waals surface area contributed by atoms with E-state index in [0.29, 0.717) is 18.0 Å². The molecule has 1 N–H and O–H groups in total. The molecular formula is C22H21N3O3. The SMILES string of the molecule is C[C@@H]1OCc2cc(=O)n([C@@H](C)C(=O)Nc3ccccc3-c3ccccc3)nc21. The van der Waals surface area contributed by atoms with Crippen LogP contribution >= 0.6 is 0 Å². The highest BCUT2D eigenvalue weighted by atomic mass is 16.5. The molecule has 3 aromatic rings. The van der Waals surface area contributed by atoms with E-state index in [1.165, 1.54) is 10.7 Å². The lowest BCUT2D eigenvalue weighted by Crippen LogP contribution is -2.34. The van der Waals surface area contributed by atoms with Crippen LogP contribution in [0.5, 0.6) is 0 Å². The summed E-state index contributed by atoms with van der Waals surface area (Å²) in [4.78, 5) is 25.3. The number of aromatic nitrogens is 2. The standard InChI is InChI=1S/C22H21N3O3/c1-14(25-20(26)12-17-13-28-15(2)21(17)24-25)22(27)23-19-11-7-6-10-18(19)16-8-4-3-5-9-16/h3-12,14-15H,13H2,1-2H3,(H,23,27)/t14-,15-/m0/s1. The van der Waals surface area contributed by atoms with Gasteiger partial charge in [-0.2, -0.15) is 5.10 Å². The zero-order chi connectivity index (χ0) is 19.7. The van der Waals surface area contributed by atoms with Gasteiger partial charge in [0, 0.05) is 22.9 Å². The third-order valence-electron chi connectivity index (χ3n) is 4.96. The van der Waals surface area contributed by atoms with Crippen LogP contribution in [0.15, 0.2) is 65.5 Å². The van der Waals surface area contributed by atoms with Crippen LogP contribution in [0.1, 0.15) is 37.3 Å². The third-order valence-corrected chi connectivity index (χ3v) is 4.96. The molecule has 2 aromatic carbocycles. The molecule has 2 atom stereocenters. The molecular weight excluding hydrogens is 354 g/mol. The Labute approximate surface area is 162 Å². The quantitative estimate of drug-likeness (QED) is 0.755. The van der Waals surface area contributed by atoms with Crippen molar-refractivity contribution in [3.63, 3.8) is 0 Å². The Bertz CT molecular complexity index is 1080. The number of carbonyl (C=O) groups is 1. The number of hydrogen-bond donors (Lipinski definition) is 1. The lowest BCUT2D eigenvalue weighted by atomic mass is 10.0. The van der Waals surface area contributed by atoms with E-state index in [1.807, 2.05) is 61.5 Å². The first-order valence-corrected chi connectivity index (χ1v) is 9.24. The highest BCUT2D eigenvalue weighted by Gasteiger charge is 2.26. The van der Waals surface area contributed by atoms with Crippen LogP contribution in [0.25, 0.3) is 11.1 Å². The normalized spacial score (nSPS) is 16.4. The molecule has 6 nitrogen and oxygen atoms in total. The Morgan fingerprint density at radius 3 is 2.68 bits per heavy atom. The van der Waals surface area contributed by atoms with Gasteiger partial charge in [-0.25, -0.2) is 4.68 Å². The number of benzene rings is 2. The van der Waals surface area contributed by atoms with E-state index in [4.69, 9.17) is 4.74 Å². The van der Waals surface area contributed by atoms with Gasteiger partial charge in [0.15, 0.2) is 0 Å². The van der Waals surface area contributed by atoms with Crippen LogP contribution in [-0.4, -0.2) is 15.7 Å². The topological polar surface area (TPSA) is 73.2 Å². The Balaban J connectivity index is 1.62. The van der Waals surface area contributed by atoms with Gasteiger partial charge in [-0.3, -0.25) is 9.59 Å². The van der Waals surface area contributed by atoms with Crippen molar-refractivity contribution in [2.24, 2.45) is 0 Å². The van der Waals surface area contributed by atoms with Crippen LogP contribution in [0.3, 0.4) is 0 Å². The molecule has 0 saturated carbocycles. The fourth-order valence-electron chi connectivity index (χ4n) is 3.36. The van der Waals surface area contributed by atoms with Gasteiger partial charge in [-0.15, -0.1) is 0 Å². The van der Waals surface area contributed by atoms with Gasteiger partial charge < -0.3 is 10.1 Å². The van der Waals surface area contributed by atoms with E-state index in [1.54, 1.807) is 6.92 Å². The maximum Gasteiger partial charge on any atom is 0.267 e. The van der Waals surface area contributed by atoms with Crippen LogP contribution in [-0.2, 0) is 16.1 Å². The van der Waals surface area contributed by atoms with E-state index in [2.05, 4.69) is 10.4 Å². The number of amides is 1. The summed E-state index contributed by atoms with van der Waals surface area (Å²) >= 11 is 0. The van der Waals surface area contributed by atoms with Crippen molar-refractivity contribution >= 4 is 11.6 Å². The van der Waals surface area contributed by atoms with Gasteiger partial charge in [0.25, 0.3) is 5.56 Å². The van der Waals surface area contributed by atoms with E-state index >= 15 is 0 Å². The number of hydrogen-bond acceptors (Lipinski definition) is 4. The molecule has 0 radical (unpaired) electrons. The lowest BCUT2D eigenvalue weighted by Gasteiger charge is -2.17. The third kappa shape index (κ3) is 3.34. The molecule has 0 aliphatic carbocycles. The molecule has 142 valence electrons. The Hall–Kier alpha value is -3.25. The van der Waals surface area contributed by atoms with Crippen LogP contribution in [0.2, 0.25) is 0 Å². The minimum Gasteiger partial charge on any atom is -0.367 e. The highest BCUT2D eigenvalue weighted by Crippen LogP contribution is 2.29. The fraction of sp³-hybridized carbons (Fsp3) is 0.227. The maximum atomic E-state index is 12.9. The Kier molecular flexibility index (Phi) is 4.79. The highest BCUT2D eigenvalue weighted by molar-refractivity contribution is 5.97. The summed E-state index contributed by atoms with van der Waals surface area (Å²) in [6, 6.07) is 18.2. The average Bonchev–Trinajstić information content (AvgIpc) is 3.07. The number of fused-ring (bicyclic) bond motifs is 1. The number of carbonyl (C=O) groups excluding carboxylic acids is 1. The number of nitrogens with zero attached hydrogens (tertiary/aromatic N) is 2. The molecule has 4 rings (SSSR count). The van der Waals surface area contributed by atoms with E-state index in [-0.39, 0.29) is 17.6 Å². The van der Waals surface area contributed by atoms with Crippen molar-refractivity contribution < 1.29 is 9.53 Å². The maximum absolute atomic E-state index is 12.9. The number of para-hydroxylation sites is 1. The smallest absolute Gasteiger partial charge is 0.267 e. The molecule has 28 heavy (non-hydrogen) atoms. The lowest BCUT2D eigenvalue weighted by molar-refractivity contribution is -0.119. The van der Waals surface area contributed by atoms with Crippen molar-refractivity contribution in [2.75, 3.05) is 5.32 Å². The van der Waals surface area contributed by atoms with Crippen molar-refractivity contribution in [3.05, 3.63) is 82.3 Å². The minimum atomic E-state index is -0.755. The second kappa shape index (κ2) is 7.40. The number of ether oxygens (including phenoxy) is 1. The van der Waals surface area contributed by atoms with Crippen molar-refractivity contribution in [1.29, 1.82) is 0 Å². The fourth-order valence-corrected chi connectivity index (χ4v) is 3.36. The summed E-state index contributed by atoms with van der Waals surface area (Å²) in [6.45, 7) is 3.93. The molecule has 1 aliphatic heterocycles. The van der Waals surface area contributed by atoms with Crippen molar-refractivity contribution in [3.8, 4) is 11.1 Å². The van der Waals surface area contributed by atoms with Gasteiger partial charge in [0.2, 0.25) is 5.91 Å². The first-order valence-electron chi connectivity index (χ1n) is 9.24. The zero-order valence-electron chi connectivity index (χ0n) is 15.8. The minimum absolute atomic E-state index is 0.184. The van der Waals surface area contributed by atoms with E-state index < -0.39 is 6.04 Å². The molecule has 0 spiro atoms. The summed E-state index contributed by atoms with van der Waals surface area (Å²) in [7, 11) is 0. The number of nitrogens with one attached hydrogen (secondary N) is 1. The average molecular weight is 375 g/mol. The molecule has 1 aromatic heterocycles. The van der Waals surface area contributed by atoms with Gasteiger partial charge in [0.05, 0.1) is 18.4 Å². The van der Waals surface area contributed by atoms with Crippen LogP contribution < -0.4 is 10.9 Å². The van der Waals surface area contributed by atoms with Crippen LogP contribution in [0.4, 0.5) is 5.69 Å². The van der Waals surface area contributed by atoms with Gasteiger partial charge in [0.1, 0.15) is 6.04 Å². The van der Waals surface area contributed by atoms with Gasteiger partial charge in [-0.1, -0.05) is 48.5 Å². The van der Waals surface area contributed by atoms with Gasteiger partial charge >= 0.3 is 0 Å². The zero-order valence-corrected chi connectivity index (χ0v) is 15.8. The Morgan fingerprint density at radius 1 is 1.18 bits per heavy atom. The Morgan fingerprint density at radius 2 is 1.89 bits per heavy atom. The summed E-state index contributed by atoms with van der Waals surface area (Å²) in [5.74, 6) is -0.301. The summed E-state index contributed by atoms with van der Waals surface area (Å²) < 4.78 is 6.75. The van der Waals surface area contributed by atoms with Crippen molar-refractivity contribution in [2.45, 2.75) is 32.6 Å². The molecule has 1 amide bonds. The largest absolute Gasteiger partial charge is 0.367 e. The predicted molar refractivity (Wildman–Crippen MR) is 107 cm³/mol. The second-order valence-corrected chi connectivity index (χ2v) is 6.87. The molecule has 0 fully saturated rings.